The number of nitrogens with zero attached hydrogens (tertiary/aromatic N) is 2. The van der Waals surface area contributed by atoms with E-state index in [0.29, 0.717) is 26.1 Å². The number of hydrogen-bond donors (Lipinski definition) is 1. The van der Waals surface area contributed by atoms with Gasteiger partial charge in [-0.05, 0) is 43.5 Å². The maximum absolute atomic E-state index is 13.1. The molecule has 1 N–H and O–H groups in total. The third-order valence-corrected chi connectivity index (χ3v) is 6.57. The molecule has 164 valence electrons. The highest BCUT2D eigenvalue weighted by Gasteiger charge is 2.34. The van der Waals surface area contributed by atoms with Gasteiger partial charge in [-0.25, -0.2) is 0 Å². The largest absolute Gasteiger partial charge is 0.355 e. The van der Waals surface area contributed by atoms with Crippen molar-refractivity contribution in [2.24, 2.45) is 5.92 Å². The van der Waals surface area contributed by atoms with Gasteiger partial charge in [-0.3, -0.25) is 9.59 Å². The van der Waals surface area contributed by atoms with Crippen molar-refractivity contribution >= 4 is 11.8 Å². The van der Waals surface area contributed by atoms with Gasteiger partial charge >= 0.3 is 0 Å². The minimum atomic E-state index is -0.169. The molecule has 2 fully saturated rings. The second kappa shape index (κ2) is 10.6. The van der Waals surface area contributed by atoms with Crippen LogP contribution in [-0.2, 0) is 16.0 Å². The van der Waals surface area contributed by atoms with Gasteiger partial charge in [0.25, 0.3) is 0 Å². The van der Waals surface area contributed by atoms with Crippen molar-refractivity contribution in [3.8, 4) is 0 Å². The first-order chi connectivity index (χ1) is 15.2. The van der Waals surface area contributed by atoms with E-state index >= 15 is 0 Å². The lowest BCUT2D eigenvalue weighted by Crippen LogP contribution is -2.49. The summed E-state index contributed by atoms with van der Waals surface area (Å²) < 4.78 is 0. The lowest BCUT2D eigenvalue weighted by atomic mass is 9.83. The Labute approximate surface area is 185 Å². The van der Waals surface area contributed by atoms with Gasteiger partial charge in [-0.1, -0.05) is 60.7 Å². The molecule has 2 aliphatic rings. The third kappa shape index (κ3) is 5.95. The summed E-state index contributed by atoms with van der Waals surface area (Å²) >= 11 is 0. The summed E-state index contributed by atoms with van der Waals surface area (Å²) in [5, 5.41) is 3.14. The van der Waals surface area contributed by atoms with Gasteiger partial charge in [-0.15, -0.1) is 0 Å². The molecule has 2 aromatic rings. The Bertz CT molecular complexity index is 849. The third-order valence-electron chi connectivity index (χ3n) is 6.57. The zero-order chi connectivity index (χ0) is 21.5. The minimum Gasteiger partial charge on any atom is -0.355 e. The number of carbonyl (C=O) groups is 2. The molecule has 5 heteroatoms. The van der Waals surface area contributed by atoms with Gasteiger partial charge in [0.05, 0.1) is 12.3 Å². The standard InChI is InChI=1S/C26H33N3O2/c30-25(17-21-9-3-1-4-10-21)29-19-23(22-11-5-2-6-12-22)18-24(20-29)26(31)27-13-16-28-14-7-8-15-28/h1-6,9-12,23-24H,7-8,13-20H2,(H,27,31)/t23-,24-/m0/s1. The van der Waals surface area contributed by atoms with Crippen LogP contribution in [0.3, 0.4) is 0 Å². The average molecular weight is 420 g/mol. The highest BCUT2D eigenvalue weighted by molar-refractivity contribution is 5.82. The van der Waals surface area contributed by atoms with Crippen molar-refractivity contribution in [1.29, 1.82) is 0 Å². The van der Waals surface area contributed by atoms with Crippen LogP contribution in [0.4, 0.5) is 0 Å². The molecule has 2 amide bonds. The van der Waals surface area contributed by atoms with E-state index in [2.05, 4.69) is 22.3 Å². The second-order valence-corrected chi connectivity index (χ2v) is 8.84. The summed E-state index contributed by atoms with van der Waals surface area (Å²) in [6, 6.07) is 20.1. The Morgan fingerprint density at radius 3 is 2.29 bits per heavy atom. The fraction of sp³-hybridized carbons (Fsp3) is 0.462. The number of hydrogen-bond acceptors (Lipinski definition) is 3. The molecule has 2 aromatic carbocycles. The molecular weight excluding hydrogens is 386 g/mol. The molecule has 0 radical (unpaired) electrons. The monoisotopic (exact) mass is 419 g/mol. The van der Waals surface area contributed by atoms with Gasteiger partial charge < -0.3 is 15.1 Å². The van der Waals surface area contributed by atoms with E-state index in [9.17, 15) is 9.59 Å². The highest BCUT2D eigenvalue weighted by Crippen LogP contribution is 2.31. The normalized spacial score (nSPS) is 21.7. The van der Waals surface area contributed by atoms with Crippen LogP contribution in [-0.4, -0.2) is 60.9 Å². The summed E-state index contributed by atoms with van der Waals surface area (Å²) in [7, 11) is 0. The molecule has 0 bridgehead atoms. The van der Waals surface area contributed by atoms with Crippen LogP contribution in [0.15, 0.2) is 60.7 Å². The van der Waals surface area contributed by atoms with Crippen molar-refractivity contribution < 1.29 is 9.59 Å². The quantitative estimate of drug-likeness (QED) is 0.750. The average Bonchev–Trinajstić information content (AvgIpc) is 3.33. The summed E-state index contributed by atoms with van der Waals surface area (Å²) in [6.07, 6.45) is 3.68. The fourth-order valence-corrected chi connectivity index (χ4v) is 4.83. The number of piperidine rings is 1. The van der Waals surface area contributed by atoms with E-state index in [4.69, 9.17) is 0 Å². The van der Waals surface area contributed by atoms with Crippen molar-refractivity contribution in [3.05, 3.63) is 71.8 Å². The van der Waals surface area contributed by atoms with Crippen LogP contribution in [0.5, 0.6) is 0 Å². The number of nitrogens with one attached hydrogen (secondary N) is 1. The number of benzene rings is 2. The topological polar surface area (TPSA) is 52.7 Å². The molecular formula is C26H33N3O2. The molecule has 2 saturated heterocycles. The molecule has 0 spiro atoms. The minimum absolute atomic E-state index is 0.0809. The Balaban J connectivity index is 1.41. The van der Waals surface area contributed by atoms with Crippen LogP contribution < -0.4 is 5.32 Å². The Morgan fingerprint density at radius 2 is 1.58 bits per heavy atom. The summed E-state index contributed by atoms with van der Waals surface area (Å²) in [5.74, 6) is 0.195. The van der Waals surface area contributed by atoms with Gasteiger partial charge in [0.2, 0.25) is 11.8 Å². The summed E-state index contributed by atoms with van der Waals surface area (Å²) in [6.45, 7) is 5.05. The van der Waals surface area contributed by atoms with Crippen LogP contribution in [0.25, 0.3) is 0 Å². The summed E-state index contributed by atoms with van der Waals surface area (Å²) in [4.78, 5) is 30.4. The van der Waals surface area contributed by atoms with Crippen LogP contribution >= 0.6 is 0 Å². The van der Waals surface area contributed by atoms with Crippen LogP contribution in [0, 0.1) is 5.92 Å². The lowest BCUT2D eigenvalue weighted by molar-refractivity contribution is -0.135. The number of amides is 2. The number of carbonyl (C=O) groups excluding carboxylic acids is 2. The van der Waals surface area contributed by atoms with Gasteiger partial charge in [-0.2, -0.15) is 0 Å². The SMILES string of the molecule is O=C(NCCN1CCCC1)[C@H]1C[C@H](c2ccccc2)CN(C(=O)Cc2ccccc2)C1. The first-order valence-corrected chi connectivity index (χ1v) is 11.6. The van der Waals surface area contributed by atoms with Crippen molar-refractivity contribution in [2.45, 2.75) is 31.6 Å². The van der Waals surface area contributed by atoms with E-state index in [1.165, 1.54) is 18.4 Å². The Hall–Kier alpha value is -2.66. The molecule has 4 rings (SSSR count). The first-order valence-electron chi connectivity index (χ1n) is 11.6. The molecule has 31 heavy (non-hydrogen) atoms. The van der Waals surface area contributed by atoms with E-state index in [1.54, 1.807) is 0 Å². The van der Waals surface area contributed by atoms with Crippen LogP contribution in [0.1, 0.15) is 36.3 Å². The van der Waals surface area contributed by atoms with Gasteiger partial charge in [0, 0.05) is 32.1 Å². The number of likely N-dealkylation sites (tertiary alicyclic amines) is 2. The Kier molecular flexibility index (Phi) is 7.36. The first kappa shape index (κ1) is 21.6. The molecule has 2 aliphatic heterocycles. The molecule has 5 nitrogen and oxygen atoms in total. The van der Waals surface area contributed by atoms with Crippen molar-refractivity contribution in [2.75, 3.05) is 39.3 Å². The van der Waals surface area contributed by atoms with Crippen molar-refractivity contribution in [1.82, 2.24) is 15.1 Å². The summed E-state index contributed by atoms with van der Waals surface area (Å²) in [5.41, 5.74) is 2.22. The van der Waals surface area contributed by atoms with E-state index in [0.717, 1.165) is 31.6 Å². The fourth-order valence-electron chi connectivity index (χ4n) is 4.83. The van der Waals surface area contributed by atoms with Gasteiger partial charge in [0.15, 0.2) is 0 Å². The molecule has 2 heterocycles. The van der Waals surface area contributed by atoms with E-state index < -0.39 is 0 Å². The molecule has 2 atom stereocenters. The zero-order valence-electron chi connectivity index (χ0n) is 18.2. The second-order valence-electron chi connectivity index (χ2n) is 8.84. The predicted octanol–water partition coefficient (Wildman–Crippen LogP) is 3.07. The van der Waals surface area contributed by atoms with Crippen molar-refractivity contribution in [3.63, 3.8) is 0 Å². The van der Waals surface area contributed by atoms with E-state index in [-0.39, 0.29) is 23.7 Å². The predicted molar refractivity (Wildman–Crippen MR) is 123 cm³/mol. The van der Waals surface area contributed by atoms with Gasteiger partial charge in [0.1, 0.15) is 0 Å². The molecule has 0 saturated carbocycles. The maximum atomic E-state index is 13.1. The Morgan fingerprint density at radius 1 is 0.903 bits per heavy atom. The van der Waals surface area contributed by atoms with Crippen LogP contribution in [0.2, 0.25) is 0 Å². The number of rotatable bonds is 7. The molecule has 0 aromatic heterocycles. The molecule has 0 unspecified atom stereocenters. The lowest BCUT2D eigenvalue weighted by Gasteiger charge is -2.37. The van der Waals surface area contributed by atoms with E-state index in [1.807, 2.05) is 53.4 Å². The maximum Gasteiger partial charge on any atom is 0.227 e. The molecule has 0 aliphatic carbocycles. The zero-order valence-corrected chi connectivity index (χ0v) is 18.2. The smallest absolute Gasteiger partial charge is 0.227 e. The highest BCUT2D eigenvalue weighted by atomic mass is 16.2.